The number of carbonyl (C=O) groups excluding carboxylic acids is 2. The number of ether oxygens (including phenoxy) is 3. The molecule has 2 amide bonds. The second kappa shape index (κ2) is 11.1. The zero-order chi connectivity index (χ0) is 28.5. The molecule has 0 aliphatic carbocycles. The first-order chi connectivity index (χ1) is 19.9. The average Bonchev–Trinajstić information content (AvgIpc) is 3.55. The minimum Gasteiger partial charge on any atom is -0.458 e. The number of nitrogens with zero attached hydrogens (tertiary/aromatic N) is 7. The van der Waals surface area contributed by atoms with Crippen LogP contribution in [0.5, 0.6) is 6.01 Å². The molecular formula is C29H31N7O5. The van der Waals surface area contributed by atoms with Gasteiger partial charge in [-0.25, -0.2) is 14.8 Å². The molecule has 5 heterocycles. The Balaban J connectivity index is 1.36. The summed E-state index contributed by atoms with van der Waals surface area (Å²) in [6.07, 6.45) is 2.12. The van der Waals surface area contributed by atoms with E-state index in [1.807, 2.05) is 47.9 Å². The number of carbonyl (C=O) groups is 2. The molecule has 212 valence electrons. The van der Waals surface area contributed by atoms with E-state index in [0.717, 1.165) is 22.4 Å². The number of aryl methyl sites for hydroxylation is 1. The molecule has 12 heteroatoms. The molecule has 1 saturated heterocycles. The highest BCUT2D eigenvalue weighted by Crippen LogP contribution is 2.29. The maximum absolute atomic E-state index is 13.8. The first-order valence-electron chi connectivity index (χ1n) is 13.5. The molecule has 1 fully saturated rings. The van der Waals surface area contributed by atoms with Gasteiger partial charge in [-0.05, 0) is 24.6 Å². The fourth-order valence-electron chi connectivity index (χ4n) is 5.47. The van der Waals surface area contributed by atoms with E-state index in [0.29, 0.717) is 24.5 Å². The van der Waals surface area contributed by atoms with Crippen molar-refractivity contribution in [3.63, 3.8) is 0 Å². The zero-order valence-corrected chi connectivity index (χ0v) is 23.1. The van der Waals surface area contributed by atoms with Gasteiger partial charge in [0, 0.05) is 39.5 Å². The summed E-state index contributed by atoms with van der Waals surface area (Å²) in [6, 6.07) is 12.4. The van der Waals surface area contributed by atoms with Crippen LogP contribution in [0.2, 0.25) is 0 Å². The Hall–Kier alpha value is -4.58. The number of hydrogen-bond donors (Lipinski definition) is 0. The summed E-state index contributed by atoms with van der Waals surface area (Å²) in [5.41, 5.74) is 3.66. The number of rotatable bonds is 3. The minimum atomic E-state index is -0.778. The molecule has 0 saturated carbocycles. The Morgan fingerprint density at radius 3 is 2.66 bits per heavy atom. The van der Waals surface area contributed by atoms with Crippen molar-refractivity contribution in [3.05, 3.63) is 66.2 Å². The number of likely N-dealkylation sites (N-methyl/N-ethyl adjacent to an activating group) is 1. The normalized spacial score (nSPS) is 20.9. The summed E-state index contributed by atoms with van der Waals surface area (Å²) < 4.78 is 19.6. The molecule has 0 spiro atoms. The molecular weight excluding hydrogens is 526 g/mol. The Labute approximate surface area is 236 Å². The summed E-state index contributed by atoms with van der Waals surface area (Å²) >= 11 is 0. The topological polar surface area (TPSA) is 125 Å². The third-order valence-corrected chi connectivity index (χ3v) is 7.55. The van der Waals surface area contributed by atoms with Crippen molar-refractivity contribution in [2.75, 3.05) is 27.2 Å². The van der Waals surface area contributed by atoms with E-state index in [1.165, 1.54) is 4.90 Å². The van der Waals surface area contributed by atoms with Crippen LogP contribution in [0.3, 0.4) is 0 Å². The molecule has 0 N–H and O–H groups in total. The number of pyridine rings is 1. The number of aromatic nitrogens is 5. The SMILES string of the molecule is CO[C@H]1CN(C)C(=O)[C@@H]2C[C@@H](CN2C(=O)OCc2ccccc2)Oc2nccc(n2)-c2nccc3nc(C)n(c23)C1. The second-order valence-electron chi connectivity index (χ2n) is 10.3. The largest absolute Gasteiger partial charge is 0.458 e. The molecule has 3 aromatic heterocycles. The number of imidazole rings is 1. The fraction of sp³-hybridized carbons (Fsp3) is 0.379. The maximum Gasteiger partial charge on any atom is 0.410 e. The number of fused-ring (bicyclic) bond motifs is 5. The number of hydrogen-bond acceptors (Lipinski definition) is 9. The molecule has 1 aromatic carbocycles. The molecule has 12 nitrogen and oxygen atoms in total. The van der Waals surface area contributed by atoms with Gasteiger partial charge in [-0.3, -0.25) is 14.7 Å². The van der Waals surface area contributed by atoms with Gasteiger partial charge in [-0.15, -0.1) is 0 Å². The van der Waals surface area contributed by atoms with E-state index < -0.39 is 18.2 Å². The lowest BCUT2D eigenvalue weighted by molar-refractivity contribution is -0.136. The molecule has 6 rings (SSSR count). The highest BCUT2D eigenvalue weighted by atomic mass is 16.6. The lowest BCUT2D eigenvalue weighted by Crippen LogP contribution is -2.49. The first-order valence-corrected chi connectivity index (χ1v) is 13.5. The summed E-state index contributed by atoms with van der Waals surface area (Å²) in [4.78, 5) is 48.4. The standard InChI is InChI=1S/C29H31N7O5/c1-18-32-23-10-11-30-25-22-9-12-31-28(33-22)41-20-13-24(27(37)34(2)14-21(39-3)16-35(18)26(23)25)36(15-20)29(38)40-17-19-7-5-4-6-8-19/h4-12,20-21,24H,13-17H2,1-3H3/t20-,21-,24-/m0/s1. The van der Waals surface area contributed by atoms with E-state index in [2.05, 4.69) is 15.0 Å². The lowest BCUT2D eigenvalue weighted by Gasteiger charge is -2.29. The third-order valence-electron chi connectivity index (χ3n) is 7.55. The van der Waals surface area contributed by atoms with Crippen molar-refractivity contribution in [1.82, 2.24) is 34.3 Å². The van der Waals surface area contributed by atoms with Crippen molar-refractivity contribution < 1.29 is 23.8 Å². The van der Waals surface area contributed by atoms with Crippen LogP contribution in [0.1, 0.15) is 17.8 Å². The van der Waals surface area contributed by atoms with Gasteiger partial charge >= 0.3 is 12.1 Å². The van der Waals surface area contributed by atoms with Crippen LogP contribution in [0, 0.1) is 6.92 Å². The van der Waals surface area contributed by atoms with Gasteiger partial charge < -0.3 is 23.7 Å². The van der Waals surface area contributed by atoms with Gasteiger partial charge in [0.1, 0.15) is 30.3 Å². The molecule has 4 aromatic rings. The van der Waals surface area contributed by atoms with Gasteiger partial charge in [0.15, 0.2) is 0 Å². The van der Waals surface area contributed by atoms with E-state index in [-0.39, 0.29) is 37.6 Å². The molecule has 41 heavy (non-hydrogen) atoms. The van der Waals surface area contributed by atoms with Crippen molar-refractivity contribution in [2.24, 2.45) is 0 Å². The minimum absolute atomic E-state index is 0.0977. The summed E-state index contributed by atoms with van der Waals surface area (Å²) in [5, 5.41) is 0. The monoisotopic (exact) mass is 557 g/mol. The van der Waals surface area contributed by atoms with Crippen LogP contribution in [0.4, 0.5) is 4.79 Å². The van der Waals surface area contributed by atoms with Crippen LogP contribution >= 0.6 is 0 Å². The molecule has 2 aliphatic heterocycles. The highest BCUT2D eigenvalue weighted by Gasteiger charge is 2.43. The van der Waals surface area contributed by atoms with Crippen molar-refractivity contribution in [2.45, 2.75) is 44.7 Å². The zero-order valence-electron chi connectivity index (χ0n) is 23.1. The first kappa shape index (κ1) is 26.6. The van der Waals surface area contributed by atoms with Crippen LogP contribution in [-0.2, 0) is 27.4 Å². The summed E-state index contributed by atoms with van der Waals surface area (Å²) in [6.45, 7) is 2.90. The molecule has 4 bridgehead atoms. The summed E-state index contributed by atoms with van der Waals surface area (Å²) in [7, 11) is 3.33. The maximum atomic E-state index is 13.8. The fourth-order valence-corrected chi connectivity index (χ4v) is 5.47. The third kappa shape index (κ3) is 5.30. The number of benzene rings is 1. The predicted molar refractivity (Wildman–Crippen MR) is 148 cm³/mol. The van der Waals surface area contributed by atoms with Crippen molar-refractivity contribution in [3.8, 4) is 17.4 Å². The molecule has 2 aliphatic rings. The quantitative estimate of drug-likeness (QED) is 0.374. The average molecular weight is 558 g/mol. The second-order valence-corrected chi connectivity index (χ2v) is 10.3. The van der Waals surface area contributed by atoms with E-state index >= 15 is 0 Å². The van der Waals surface area contributed by atoms with Crippen LogP contribution in [-0.4, -0.2) is 91.8 Å². The molecule has 0 unspecified atom stereocenters. The van der Waals surface area contributed by atoms with E-state index in [4.69, 9.17) is 19.2 Å². The van der Waals surface area contributed by atoms with Gasteiger partial charge in [0.05, 0.1) is 35.9 Å². The predicted octanol–water partition coefficient (Wildman–Crippen LogP) is 2.84. The van der Waals surface area contributed by atoms with Crippen LogP contribution < -0.4 is 4.74 Å². The molecule has 0 radical (unpaired) electrons. The van der Waals surface area contributed by atoms with Gasteiger partial charge in [-0.2, -0.15) is 4.98 Å². The Bertz CT molecular complexity index is 1580. The number of amides is 2. The van der Waals surface area contributed by atoms with Crippen molar-refractivity contribution >= 4 is 23.0 Å². The lowest BCUT2D eigenvalue weighted by atomic mass is 10.1. The van der Waals surface area contributed by atoms with Crippen LogP contribution in [0.25, 0.3) is 22.4 Å². The van der Waals surface area contributed by atoms with Crippen LogP contribution in [0.15, 0.2) is 54.9 Å². The number of likely N-dealkylation sites (tertiary alicyclic amines) is 1. The highest BCUT2D eigenvalue weighted by molar-refractivity contribution is 5.89. The van der Waals surface area contributed by atoms with E-state index in [1.54, 1.807) is 37.5 Å². The number of methoxy groups -OCH3 is 1. The van der Waals surface area contributed by atoms with Gasteiger partial charge in [-0.1, -0.05) is 30.3 Å². The van der Waals surface area contributed by atoms with E-state index in [9.17, 15) is 9.59 Å². The van der Waals surface area contributed by atoms with Crippen molar-refractivity contribution in [1.29, 1.82) is 0 Å². The Kier molecular flexibility index (Phi) is 7.23. The molecule has 3 atom stereocenters. The Morgan fingerprint density at radius 1 is 1.05 bits per heavy atom. The Morgan fingerprint density at radius 2 is 1.85 bits per heavy atom. The summed E-state index contributed by atoms with van der Waals surface area (Å²) in [5.74, 6) is 0.556. The van der Waals surface area contributed by atoms with Gasteiger partial charge in [0.25, 0.3) is 0 Å². The smallest absolute Gasteiger partial charge is 0.410 e. The van der Waals surface area contributed by atoms with Gasteiger partial charge in [0.2, 0.25) is 5.91 Å².